The number of carbonyl (C=O) groups is 1. The summed E-state index contributed by atoms with van der Waals surface area (Å²) in [4.78, 5) is 12.3. The Morgan fingerprint density at radius 3 is 2.43 bits per heavy atom. The second kappa shape index (κ2) is 8.48. The summed E-state index contributed by atoms with van der Waals surface area (Å²) in [7, 11) is 3.15. The van der Waals surface area contributed by atoms with Crippen LogP contribution in [0.2, 0.25) is 0 Å². The number of anilines is 1. The van der Waals surface area contributed by atoms with Gasteiger partial charge in [-0.15, -0.1) is 11.8 Å². The highest BCUT2D eigenvalue weighted by molar-refractivity contribution is 7.99. The first-order valence-electron chi connectivity index (χ1n) is 7.32. The van der Waals surface area contributed by atoms with Gasteiger partial charge in [-0.05, 0) is 24.6 Å². The van der Waals surface area contributed by atoms with Gasteiger partial charge in [-0.25, -0.2) is 0 Å². The summed E-state index contributed by atoms with van der Waals surface area (Å²) in [6, 6.07) is 15.4. The molecule has 4 nitrogen and oxygen atoms in total. The van der Waals surface area contributed by atoms with Crippen LogP contribution in [0.5, 0.6) is 11.5 Å². The minimum atomic E-state index is -0.150. The zero-order chi connectivity index (χ0) is 16.7. The van der Waals surface area contributed by atoms with Crippen LogP contribution >= 0.6 is 11.8 Å². The van der Waals surface area contributed by atoms with Crippen LogP contribution in [0.4, 0.5) is 5.69 Å². The van der Waals surface area contributed by atoms with Gasteiger partial charge in [-0.3, -0.25) is 4.79 Å². The Labute approximate surface area is 141 Å². The van der Waals surface area contributed by atoms with E-state index < -0.39 is 0 Å². The predicted molar refractivity (Wildman–Crippen MR) is 95.4 cm³/mol. The number of hydrogen-bond acceptors (Lipinski definition) is 4. The number of nitrogens with one attached hydrogen (secondary N) is 1. The van der Waals surface area contributed by atoms with Crippen molar-refractivity contribution in [2.75, 3.05) is 19.5 Å². The molecule has 0 radical (unpaired) electrons. The topological polar surface area (TPSA) is 47.6 Å². The van der Waals surface area contributed by atoms with Gasteiger partial charge in [0.05, 0.1) is 19.5 Å². The zero-order valence-electron chi connectivity index (χ0n) is 13.5. The number of methoxy groups -OCH3 is 2. The maximum atomic E-state index is 12.3. The van der Waals surface area contributed by atoms with E-state index in [9.17, 15) is 4.79 Å². The first-order valence-corrected chi connectivity index (χ1v) is 8.37. The van der Waals surface area contributed by atoms with Crippen LogP contribution in [0.25, 0.3) is 0 Å². The smallest absolute Gasteiger partial charge is 0.237 e. The Morgan fingerprint density at radius 2 is 1.78 bits per heavy atom. The Hall–Kier alpha value is -2.14. The molecule has 0 aliphatic carbocycles. The van der Waals surface area contributed by atoms with Crippen LogP contribution in [0.3, 0.4) is 0 Å². The molecule has 0 saturated heterocycles. The largest absolute Gasteiger partial charge is 0.493 e. The van der Waals surface area contributed by atoms with E-state index in [1.165, 1.54) is 5.56 Å². The second-order valence-corrected chi connectivity index (χ2v) is 6.33. The number of thioether (sulfide) groups is 1. The number of ether oxygens (including phenoxy) is 2. The second-order valence-electron chi connectivity index (χ2n) is 5.00. The molecule has 2 rings (SSSR count). The third-order valence-electron chi connectivity index (χ3n) is 3.36. The molecule has 0 spiro atoms. The lowest BCUT2D eigenvalue weighted by Gasteiger charge is -2.14. The molecule has 0 aliphatic rings. The van der Waals surface area contributed by atoms with Crippen molar-refractivity contribution in [3.05, 3.63) is 54.1 Å². The summed E-state index contributed by atoms with van der Waals surface area (Å²) >= 11 is 1.61. The third-order valence-corrected chi connectivity index (χ3v) is 4.58. The summed E-state index contributed by atoms with van der Waals surface area (Å²) in [5, 5.41) is 2.76. The average Bonchev–Trinajstić information content (AvgIpc) is 2.60. The molecule has 0 fully saturated rings. The van der Waals surface area contributed by atoms with Crippen molar-refractivity contribution in [1.29, 1.82) is 0 Å². The van der Waals surface area contributed by atoms with Crippen molar-refractivity contribution in [2.24, 2.45) is 0 Å². The fourth-order valence-corrected chi connectivity index (χ4v) is 2.87. The molecule has 0 bridgehead atoms. The number of rotatable bonds is 7. The van der Waals surface area contributed by atoms with E-state index in [0.717, 1.165) is 5.75 Å². The Kier molecular flexibility index (Phi) is 6.35. The SMILES string of the molecule is COc1ccc(NC(=O)[C@H](C)SCc2ccccc2)cc1OC. The normalized spacial score (nSPS) is 11.6. The fourth-order valence-electron chi connectivity index (χ4n) is 2.03. The molecule has 23 heavy (non-hydrogen) atoms. The monoisotopic (exact) mass is 331 g/mol. The first kappa shape index (κ1) is 17.2. The maximum Gasteiger partial charge on any atom is 0.237 e. The van der Waals surface area contributed by atoms with Gasteiger partial charge in [-0.2, -0.15) is 0 Å². The van der Waals surface area contributed by atoms with Crippen molar-refractivity contribution < 1.29 is 14.3 Å². The molecule has 0 unspecified atom stereocenters. The van der Waals surface area contributed by atoms with Crippen molar-refractivity contribution in [2.45, 2.75) is 17.9 Å². The van der Waals surface area contributed by atoms with Crippen molar-refractivity contribution >= 4 is 23.4 Å². The van der Waals surface area contributed by atoms with E-state index in [2.05, 4.69) is 17.4 Å². The lowest BCUT2D eigenvalue weighted by atomic mass is 10.2. The highest BCUT2D eigenvalue weighted by atomic mass is 32.2. The van der Waals surface area contributed by atoms with Gasteiger partial charge in [0.1, 0.15) is 0 Å². The van der Waals surface area contributed by atoms with Crippen LogP contribution in [0.15, 0.2) is 48.5 Å². The van der Waals surface area contributed by atoms with Crippen LogP contribution < -0.4 is 14.8 Å². The Balaban J connectivity index is 1.93. The standard InChI is InChI=1S/C18H21NO3S/c1-13(23-12-14-7-5-4-6-8-14)18(20)19-15-9-10-16(21-2)17(11-15)22-3/h4-11,13H,12H2,1-3H3,(H,19,20)/t13-/m0/s1. The summed E-state index contributed by atoms with van der Waals surface area (Å²) in [5.74, 6) is 2.01. The van der Waals surface area contributed by atoms with Crippen molar-refractivity contribution in [3.63, 3.8) is 0 Å². The highest BCUT2D eigenvalue weighted by Gasteiger charge is 2.14. The van der Waals surface area contributed by atoms with Crippen molar-refractivity contribution in [3.8, 4) is 11.5 Å². The van der Waals surface area contributed by atoms with Gasteiger partial charge in [-0.1, -0.05) is 30.3 Å². The Morgan fingerprint density at radius 1 is 1.09 bits per heavy atom. The molecule has 122 valence electrons. The molecular formula is C18H21NO3S. The van der Waals surface area contributed by atoms with Gasteiger partial charge < -0.3 is 14.8 Å². The lowest BCUT2D eigenvalue weighted by Crippen LogP contribution is -2.22. The molecular weight excluding hydrogens is 310 g/mol. The molecule has 0 aromatic heterocycles. The van der Waals surface area contributed by atoms with Gasteiger partial charge in [0, 0.05) is 17.5 Å². The summed E-state index contributed by atoms with van der Waals surface area (Å²) in [6.45, 7) is 1.91. The molecule has 0 aliphatic heterocycles. The van der Waals surface area contributed by atoms with Gasteiger partial charge in [0.2, 0.25) is 5.91 Å². The highest BCUT2D eigenvalue weighted by Crippen LogP contribution is 2.30. The van der Waals surface area contributed by atoms with E-state index >= 15 is 0 Å². The van der Waals surface area contributed by atoms with Crippen LogP contribution in [0.1, 0.15) is 12.5 Å². The van der Waals surface area contributed by atoms with Gasteiger partial charge in [0.15, 0.2) is 11.5 Å². The first-order chi connectivity index (χ1) is 11.1. The zero-order valence-corrected chi connectivity index (χ0v) is 14.4. The van der Waals surface area contributed by atoms with Crippen LogP contribution in [0, 0.1) is 0 Å². The van der Waals surface area contributed by atoms with E-state index in [1.54, 1.807) is 44.2 Å². The minimum absolute atomic E-state index is 0.0295. The number of amides is 1. The molecule has 2 aromatic carbocycles. The predicted octanol–water partition coefficient (Wildman–Crippen LogP) is 3.96. The lowest BCUT2D eigenvalue weighted by molar-refractivity contribution is -0.115. The van der Waals surface area contributed by atoms with Crippen LogP contribution in [-0.2, 0) is 10.5 Å². The van der Waals surface area contributed by atoms with Crippen LogP contribution in [-0.4, -0.2) is 25.4 Å². The van der Waals surface area contributed by atoms with Gasteiger partial charge >= 0.3 is 0 Å². The summed E-state index contributed by atoms with van der Waals surface area (Å²) in [5.41, 5.74) is 1.91. The van der Waals surface area contributed by atoms with Gasteiger partial charge in [0.25, 0.3) is 0 Å². The minimum Gasteiger partial charge on any atom is -0.493 e. The molecule has 5 heteroatoms. The van der Waals surface area contributed by atoms with Crippen molar-refractivity contribution in [1.82, 2.24) is 0 Å². The molecule has 1 atom stereocenters. The number of benzene rings is 2. The average molecular weight is 331 g/mol. The fraction of sp³-hybridized carbons (Fsp3) is 0.278. The maximum absolute atomic E-state index is 12.3. The van der Waals surface area contributed by atoms with E-state index in [4.69, 9.17) is 9.47 Å². The number of carbonyl (C=O) groups excluding carboxylic acids is 1. The Bertz CT molecular complexity index is 646. The van der Waals surface area contributed by atoms with E-state index in [0.29, 0.717) is 17.2 Å². The van der Waals surface area contributed by atoms with E-state index in [-0.39, 0.29) is 11.2 Å². The quantitative estimate of drug-likeness (QED) is 0.834. The number of hydrogen-bond donors (Lipinski definition) is 1. The van der Waals surface area contributed by atoms with E-state index in [1.807, 2.05) is 25.1 Å². The third kappa shape index (κ3) is 4.93. The molecule has 2 aromatic rings. The molecule has 0 heterocycles. The summed E-state index contributed by atoms with van der Waals surface area (Å²) < 4.78 is 10.4. The summed E-state index contributed by atoms with van der Waals surface area (Å²) in [6.07, 6.45) is 0. The molecule has 1 amide bonds. The molecule has 1 N–H and O–H groups in total. The molecule has 0 saturated carbocycles.